The van der Waals surface area contributed by atoms with Gasteiger partial charge in [-0.1, -0.05) is 6.08 Å². The van der Waals surface area contributed by atoms with Gasteiger partial charge in [0.25, 0.3) is 0 Å². The van der Waals surface area contributed by atoms with Gasteiger partial charge in [0.05, 0.1) is 18.8 Å². The highest BCUT2D eigenvalue weighted by Gasteiger charge is 2.32. The third-order valence-corrected chi connectivity index (χ3v) is 2.47. The zero-order valence-corrected chi connectivity index (χ0v) is 11.1. The lowest BCUT2D eigenvalue weighted by Crippen LogP contribution is -2.43. The van der Waals surface area contributed by atoms with Crippen molar-refractivity contribution in [3.8, 4) is 0 Å². The molecule has 0 radical (unpaired) electrons. The summed E-state index contributed by atoms with van der Waals surface area (Å²) in [5, 5.41) is 0. The Morgan fingerprint density at radius 2 is 2.18 bits per heavy atom. The first kappa shape index (κ1) is 14.2. The van der Waals surface area contributed by atoms with Crippen LogP contribution in [0.5, 0.6) is 0 Å². The average Bonchev–Trinajstić information content (AvgIpc) is 2.14. The van der Waals surface area contributed by atoms with E-state index in [0.717, 1.165) is 6.42 Å². The first-order valence-corrected chi connectivity index (χ1v) is 6.12. The van der Waals surface area contributed by atoms with E-state index in [9.17, 15) is 4.79 Å². The molecule has 17 heavy (non-hydrogen) atoms. The molecule has 1 fully saturated rings. The van der Waals surface area contributed by atoms with Crippen LogP contribution in [0.15, 0.2) is 12.2 Å². The second-order valence-electron chi connectivity index (χ2n) is 4.69. The zero-order chi connectivity index (χ0) is 12.9. The molecule has 0 unspecified atom stereocenters. The van der Waals surface area contributed by atoms with Gasteiger partial charge in [0.15, 0.2) is 5.79 Å². The summed E-state index contributed by atoms with van der Waals surface area (Å²) in [5.41, 5.74) is 0. The number of hydrogen-bond acceptors (Lipinski definition) is 4. The molecule has 1 aliphatic heterocycles. The Morgan fingerprint density at radius 3 is 2.76 bits per heavy atom. The van der Waals surface area contributed by atoms with Gasteiger partial charge < -0.3 is 14.2 Å². The molecule has 0 aromatic heterocycles. The van der Waals surface area contributed by atoms with Crippen LogP contribution < -0.4 is 0 Å². The van der Waals surface area contributed by atoms with Gasteiger partial charge in [0.1, 0.15) is 0 Å². The second kappa shape index (κ2) is 6.17. The van der Waals surface area contributed by atoms with E-state index < -0.39 is 5.79 Å². The first-order valence-electron chi connectivity index (χ1n) is 6.12. The topological polar surface area (TPSA) is 44.8 Å². The van der Waals surface area contributed by atoms with Crippen LogP contribution in [-0.2, 0) is 19.0 Å². The van der Waals surface area contributed by atoms with E-state index in [1.54, 1.807) is 13.0 Å². The summed E-state index contributed by atoms with van der Waals surface area (Å²) in [5.74, 6) is -0.841. The Morgan fingerprint density at radius 1 is 1.47 bits per heavy atom. The number of esters is 1. The molecule has 1 aliphatic rings. The zero-order valence-electron chi connectivity index (χ0n) is 11.1. The van der Waals surface area contributed by atoms with Gasteiger partial charge in [0.2, 0.25) is 0 Å². The van der Waals surface area contributed by atoms with Crippen molar-refractivity contribution in [3.63, 3.8) is 0 Å². The molecule has 4 heteroatoms. The molecule has 0 aliphatic carbocycles. The lowest BCUT2D eigenvalue weighted by Gasteiger charge is -2.39. The van der Waals surface area contributed by atoms with Crippen LogP contribution in [0.25, 0.3) is 0 Å². The van der Waals surface area contributed by atoms with Crippen molar-refractivity contribution in [2.45, 2.75) is 58.5 Å². The lowest BCUT2D eigenvalue weighted by molar-refractivity contribution is -0.295. The molecule has 0 spiro atoms. The summed E-state index contributed by atoms with van der Waals surface area (Å²) < 4.78 is 16.2. The number of carbonyl (C=O) groups excluding carboxylic acids is 1. The summed E-state index contributed by atoms with van der Waals surface area (Å²) in [6.07, 6.45) is 5.09. The molecule has 0 aromatic carbocycles. The van der Waals surface area contributed by atoms with E-state index in [1.165, 1.54) is 6.08 Å². The summed E-state index contributed by atoms with van der Waals surface area (Å²) in [6.45, 7) is 8.04. The van der Waals surface area contributed by atoms with Gasteiger partial charge in [-0.3, -0.25) is 0 Å². The molecular weight excluding hydrogens is 220 g/mol. The van der Waals surface area contributed by atoms with E-state index in [0.29, 0.717) is 13.0 Å². The van der Waals surface area contributed by atoms with Gasteiger partial charge in [-0.25, -0.2) is 4.79 Å². The summed E-state index contributed by atoms with van der Waals surface area (Å²) in [4.78, 5) is 11.1. The van der Waals surface area contributed by atoms with Crippen LogP contribution in [-0.4, -0.2) is 30.6 Å². The number of hydrogen-bond donors (Lipinski definition) is 0. The first-order chi connectivity index (χ1) is 7.93. The van der Waals surface area contributed by atoms with Crippen LogP contribution in [0.1, 0.15) is 40.5 Å². The third kappa shape index (κ3) is 5.33. The smallest absolute Gasteiger partial charge is 0.330 e. The molecule has 1 saturated heterocycles. The fourth-order valence-corrected chi connectivity index (χ4v) is 2.03. The Bertz CT molecular complexity index is 283. The summed E-state index contributed by atoms with van der Waals surface area (Å²) in [6, 6.07) is 0. The van der Waals surface area contributed by atoms with Gasteiger partial charge in [-0.2, -0.15) is 0 Å². The molecule has 2 atom stereocenters. The molecule has 0 N–H and O–H groups in total. The van der Waals surface area contributed by atoms with Gasteiger partial charge in [-0.05, 0) is 34.1 Å². The molecular formula is C13H22O4. The van der Waals surface area contributed by atoms with E-state index in [1.807, 2.05) is 20.8 Å². The maximum Gasteiger partial charge on any atom is 0.330 e. The molecule has 1 rings (SSSR count). The van der Waals surface area contributed by atoms with Gasteiger partial charge in [0, 0.05) is 12.5 Å². The fourth-order valence-electron chi connectivity index (χ4n) is 2.03. The maximum atomic E-state index is 11.1. The van der Waals surface area contributed by atoms with Crippen molar-refractivity contribution in [2.75, 3.05) is 6.61 Å². The molecule has 0 amide bonds. The molecule has 98 valence electrons. The quantitative estimate of drug-likeness (QED) is 0.561. The molecule has 0 aromatic rings. The van der Waals surface area contributed by atoms with E-state index >= 15 is 0 Å². The Hall–Kier alpha value is -0.870. The van der Waals surface area contributed by atoms with Gasteiger partial charge in [-0.15, -0.1) is 0 Å². The van der Waals surface area contributed by atoms with Crippen molar-refractivity contribution < 1.29 is 19.0 Å². The molecule has 4 nitrogen and oxygen atoms in total. The van der Waals surface area contributed by atoms with Crippen LogP contribution in [0.3, 0.4) is 0 Å². The number of rotatable bonds is 4. The minimum Gasteiger partial charge on any atom is -0.463 e. The minimum atomic E-state index is -0.542. The van der Waals surface area contributed by atoms with Crippen LogP contribution in [0, 0.1) is 0 Å². The minimum absolute atomic E-state index is 0.0967. The van der Waals surface area contributed by atoms with Crippen LogP contribution in [0.2, 0.25) is 0 Å². The average molecular weight is 242 g/mol. The van der Waals surface area contributed by atoms with Crippen molar-refractivity contribution >= 4 is 5.97 Å². The molecule has 0 bridgehead atoms. The summed E-state index contributed by atoms with van der Waals surface area (Å²) >= 11 is 0. The Labute approximate surface area is 103 Å². The molecule has 0 saturated carbocycles. The highest BCUT2D eigenvalue weighted by Crippen LogP contribution is 2.28. The van der Waals surface area contributed by atoms with Crippen LogP contribution >= 0.6 is 0 Å². The summed E-state index contributed by atoms with van der Waals surface area (Å²) in [7, 11) is 0. The van der Waals surface area contributed by atoms with Crippen LogP contribution in [0.4, 0.5) is 0 Å². The maximum absolute atomic E-state index is 11.1. The van der Waals surface area contributed by atoms with Gasteiger partial charge >= 0.3 is 5.97 Å². The predicted molar refractivity (Wildman–Crippen MR) is 64.5 cm³/mol. The number of carbonyl (C=O) groups is 1. The fraction of sp³-hybridized carbons (Fsp3) is 0.769. The SMILES string of the molecule is CCOC(=O)/C=C\C[C@H]1C[C@@H](C)OC(C)(C)O1. The standard InChI is InChI=1S/C13H22O4/c1-5-15-12(14)8-6-7-11-9-10(2)16-13(3,4)17-11/h6,8,10-11H,5,7,9H2,1-4H3/b8-6-/t10-,11+/m1/s1. The van der Waals surface area contributed by atoms with E-state index in [-0.39, 0.29) is 18.2 Å². The monoisotopic (exact) mass is 242 g/mol. The normalized spacial score (nSPS) is 28.2. The number of ether oxygens (including phenoxy) is 3. The van der Waals surface area contributed by atoms with E-state index in [2.05, 4.69) is 0 Å². The second-order valence-corrected chi connectivity index (χ2v) is 4.69. The largest absolute Gasteiger partial charge is 0.463 e. The van der Waals surface area contributed by atoms with Crippen molar-refractivity contribution in [2.24, 2.45) is 0 Å². The van der Waals surface area contributed by atoms with Crippen molar-refractivity contribution in [1.82, 2.24) is 0 Å². The van der Waals surface area contributed by atoms with Crippen molar-refractivity contribution in [3.05, 3.63) is 12.2 Å². The van der Waals surface area contributed by atoms with Crippen molar-refractivity contribution in [1.29, 1.82) is 0 Å². The Kier molecular flexibility index (Phi) is 5.15. The highest BCUT2D eigenvalue weighted by molar-refractivity contribution is 5.81. The van der Waals surface area contributed by atoms with E-state index in [4.69, 9.17) is 14.2 Å². The Balaban J connectivity index is 2.39. The lowest BCUT2D eigenvalue weighted by atomic mass is 10.1. The molecule has 1 heterocycles. The highest BCUT2D eigenvalue weighted by atomic mass is 16.7. The third-order valence-electron chi connectivity index (χ3n) is 2.47. The predicted octanol–water partition coefficient (Wildman–Crippen LogP) is 2.43.